The highest BCUT2D eigenvalue weighted by atomic mass is 35.5. The molecule has 1 atom stereocenters. The van der Waals surface area contributed by atoms with E-state index in [1.807, 2.05) is 83.8 Å². The molecule has 0 fully saturated rings. The van der Waals surface area contributed by atoms with E-state index in [0.717, 1.165) is 11.1 Å². The zero-order valence-corrected chi connectivity index (χ0v) is 26.9. The van der Waals surface area contributed by atoms with E-state index < -0.39 is 0 Å². The first kappa shape index (κ1) is 30.2. The number of carbonyl (C=O) groups is 2. The van der Waals surface area contributed by atoms with E-state index in [1.54, 1.807) is 52.6 Å². The van der Waals surface area contributed by atoms with Gasteiger partial charge >= 0.3 is 0 Å². The van der Waals surface area contributed by atoms with Crippen molar-refractivity contribution in [2.24, 2.45) is 0 Å². The van der Waals surface area contributed by atoms with E-state index in [9.17, 15) is 9.59 Å². The predicted octanol–water partition coefficient (Wildman–Crippen LogP) is 7.78. The molecular weight excluding hydrogens is 634 g/mol. The summed E-state index contributed by atoms with van der Waals surface area (Å²) >= 11 is 6.56. The van der Waals surface area contributed by atoms with Crippen LogP contribution in [0.2, 0.25) is 5.02 Å². The monoisotopic (exact) mass is 661 g/mol. The third-order valence-electron chi connectivity index (χ3n) is 8.79. The van der Waals surface area contributed by atoms with E-state index in [4.69, 9.17) is 16.7 Å². The van der Waals surface area contributed by atoms with Crippen molar-refractivity contribution in [2.45, 2.75) is 19.0 Å². The van der Waals surface area contributed by atoms with E-state index in [0.29, 0.717) is 46.0 Å². The van der Waals surface area contributed by atoms with Crippen molar-refractivity contribution < 1.29 is 9.59 Å². The first-order valence-corrected chi connectivity index (χ1v) is 16.2. The molecule has 1 aliphatic rings. The van der Waals surface area contributed by atoms with Crippen LogP contribution in [0, 0.1) is 0 Å². The SMILES string of the molecule is O=C(c1nn(-c2cc(Cl)cnc2C(=O)N2Cc3ccccc3C[C@H]2c2ccncc2)c2ccccc12)N(c1ccccc1)c1ccncc1. The number of benzene rings is 3. The maximum atomic E-state index is 14.7. The Bertz CT molecular complexity index is 2270. The van der Waals surface area contributed by atoms with Crippen LogP contribution in [-0.2, 0) is 13.0 Å². The Balaban J connectivity index is 1.26. The molecule has 0 N–H and O–H groups in total. The molecule has 4 aromatic heterocycles. The largest absolute Gasteiger partial charge is 0.326 e. The fourth-order valence-electron chi connectivity index (χ4n) is 6.48. The number of pyridine rings is 3. The van der Waals surface area contributed by atoms with Crippen molar-refractivity contribution in [3.63, 3.8) is 0 Å². The van der Waals surface area contributed by atoms with Crippen LogP contribution in [0.15, 0.2) is 140 Å². The van der Waals surface area contributed by atoms with E-state index in [2.05, 4.69) is 27.1 Å². The average Bonchev–Trinajstić information content (AvgIpc) is 3.55. The number of amides is 2. The number of rotatable bonds is 6. The van der Waals surface area contributed by atoms with Crippen molar-refractivity contribution in [2.75, 3.05) is 4.90 Å². The number of para-hydroxylation sites is 2. The maximum Gasteiger partial charge on any atom is 0.283 e. The second-order valence-corrected chi connectivity index (χ2v) is 12.1. The smallest absolute Gasteiger partial charge is 0.283 e. The van der Waals surface area contributed by atoms with Crippen LogP contribution in [-0.4, -0.2) is 41.4 Å². The van der Waals surface area contributed by atoms with Crippen molar-refractivity contribution >= 4 is 45.7 Å². The lowest BCUT2D eigenvalue weighted by Crippen LogP contribution is -2.39. The minimum Gasteiger partial charge on any atom is -0.326 e. The van der Waals surface area contributed by atoms with Crippen LogP contribution in [0.5, 0.6) is 0 Å². The van der Waals surface area contributed by atoms with Gasteiger partial charge in [-0.05, 0) is 71.6 Å². The summed E-state index contributed by atoms with van der Waals surface area (Å²) in [7, 11) is 0. The Morgan fingerprint density at radius 1 is 0.735 bits per heavy atom. The molecular formula is C39H28ClN7O2. The van der Waals surface area contributed by atoms with Gasteiger partial charge in [0, 0.05) is 48.6 Å². The molecule has 9 nitrogen and oxygen atoms in total. The third kappa shape index (κ3) is 5.60. The molecule has 0 bridgehead atoms. The molecule has 0 radical (unpaired) electrons. The lowest BCUT2D eigenvalue weighted by Gasteiger charge is -2.37. The second-order valence-electron chi connectivity index (χ2n) is 11.7. The molecule has 10 heteroatoms. The quantitative estimate of drug-likeness (QED) is 0.181. The first-order valence-electron chi connectivity index (χ1n) is 15.8. The third-order valence-corrected chi connectivity index (χ3v) is 9.00. The van der Waals surface area contributed by atoms with E-state index in [-0.39, 0.29) is 29.2 Å². The lowest BCUT2D eigenvalue weighted by molar-refractivity contribution is 0.0631. The number of hydrogen-bond acceptors (Lipinski definition) is 6. The van der Waals surface area contributed by atoms with Crippen molar-refractivity contribution in [3.05, 3.63) is 173 Å². The average molecular weight is 662 g/mol. The Morgan fingerprint density at radius 2 is 1.39 bits per heavy atom. The van der Waals surface area contributed by atoms with E-state index >= 15 is 0 Å². The molecule has 0 spiro atoms. The number of anilines is 2. The molecule has 0 aliphatic carbocycles. The number of carbonyl (C=O) groups excluding carboxylic acids is 2. The van der Waals surface area contributed by atoms with Crippen LogP contribution >= 0.6 is 11.6 Å². The van der Waals surface area contributed by atoms with Crippen molar-refractivity contribution in [3.8, 4) is 5.69 Å². The highest BCUT2D eigenvalue weighted by Crippen LogP contribution is 2.36. The highest BCUT2D eigenvalue weighted by molar-refractivity contribution is 6.30. The molecule has 0 unspecified atom stereocenters. The molecule has 7 aromatic rings. The summed E-state index contributed by atoms with van der Waals surface area (Å²) in [6, 6.07) is 33.8. The number of hydrogen-bond donors (Lipinski definition) is 0. The summed E-state index contributed by atoms with van der Waals surface area (Å²) in [6.07, 6.45) is 8.87. The van der Waals surface area contributed by atoms with Gasteiger partial charge in [0.05, 0.1) is 28.0 Å². The van der Waals surface area contributed by atoms with Gasteiger partial charge in [0.25, 0.3) is 11.8 Å². The summed E-state index contributed by atoms with van der Waals surface area (Å²) in [6.45, 7) is 0.396. The van der Waals surface area contributed by atoms with Gasteiger partial charge < -0.3 is 4.90 Å². The summed E-state index contributed by atoms with van der Waals surface area (Å²) in [5.41, 5.74) is 5.92. The second kappa shape index (κ2) is 12.8. The van der Waals surface area contributed by atoms with Gasteiger partial charge in [0.1, 0.15) is 0 Å². The van der Waals surface area contributed by atoms with Crippen LogP contribution in [0.4, 0.5) is 11.4 Å². The fourth-order valence-corrected chi connectivity index (χ4v) is 6.63. The van der Waals surface area contributed by atoms with Gasteiger partial charge in [-0.2, -0.15) is 5.10 Å². The predicted molar refractivity (Wildman–Crippen MR) is 188 cm³/mol. The standard InChI is InChI=1S/C39H28ClN7O2/c40-29-23-35(37(43-24-29)38(48)45-25-28-9-5-4-8-27(28)22-34(45)26-14-18-41-19-15-26)47-33-13-7-6-12-32(33)36(44-47)39(49)46(30-10-2-1-3-11-30)31-16-20-42-21-17-31/h1-21,23-24,34H,22,25H2/t34-/m0/s1. The molecule has 3 aromatic carbocycles. The molecule has 1 aliphatic heterocycles. The van der Waals surface area contributed by atoms with Crippen molar-refractivity contribution in [1.29, 1.82) is 0 Å². The molecule has 0 saturated heterocycles. The van der Waals surface area contributed by atoms with Gasteiger partial charge in [0.15, 0.2) is 11.4 Å². The highest BCUT2D eigenvalue weighted by Gasteiger charge is 2.34. The Kier molecular flexibility index (Phi) is 7.87. The fraction of sp³-hybridized carbons (Fsp3) is 0.0769. The zero-order chi connectivity index (χ0) is 33.3. The van der Waals surface area contributed by atoms with Gasteiger partial charge in [-0.25, -0.2) is 9.67 Å². The van der Waals surface area contributed by atoms with Crippen molar-refractivity contribution in [1.82, 2.24) is 29.6 Å². The Hall–Kier alpha value is -6.19. The number of halogens is 1. The number of fused-ring (bicyclic) bond motifs is 2. The van der Waals surface area contributed by atoms with Crippen LogP contribution in [0.25, 0.3) is 16.6 Å². The summed E-state index contributed by atoms with van der Waals surface area (Å²) in [4.78, 5) is 45.7. The van der Waals surface area contributed by atoms with Gasteiger partial charge in [-0.15, -0.1) is 0 Å². The minimum atomic E-state index is -0.347. The molecule has 238 valence electrons. The van der Waals surface area contributed by atoms with E-state index in [1.165, 1.54) is 11.8 Å². The number of nitrogens with zero attached hydrogens (tertiary/aromatic N) is 7. The van der Waals surface area contributed by atoms with Gasteiger partial charge in [-0.1, -0.05) is 72.3 Å². The zero-order valence-electron chi connectivity index (χ0n) is 26.1. The molecule has 0 saturated carbocycles. The summed E-state index contributed by atoms with van der Waals surface area (Å²) < 4.78 is 1.60. The van der Waals surface area contributed by atoms with Gasteiger partial charge in [-0.3, -0.25) is 24.5 Å². The Morgan fingerprint density at radius 3 is 2.16 bits per heavy atom. The first-order chi connectivity index (χ1) is 24.1. The number of aromatic nitrogens is 5. The lowest BCUT2D eigenvalue weighted by atomic mass is 9.90. The van der Waals surface area contributed by atoms with Crippen LogP contribution in [0.1, 0.15) is 43.7 Å². The van der Waals surface area contributed by atoms with Crippen LogP contribution in [0.3, 0.4) is 0 Å². The molecule has 49 heavy (non-hydrogen) atoms. The van der Waals surface area contributed by atoms with Crippen LogP contribution < -0.4 is 4.90 Å². The molecule has 8 rings (SSSR count). The molecule has 5 heterocycles. The summed E-state index contributed by atoms with van der Waals surface area (Å²) in [5.74, 6) is -0.626. The molecule has 2 amide bonds. The minimum absolute atomic E-state index is 0.170. The summed E-state index contributed by atoms with van der Waals surface area (Å²) in [5, 5.41) is 5.85. The normalized spacial score (nSPS) is 14.0. The Labute approximate surface area is 287 Å². The topological polar surface area (TPSA) is 97.1 Å². The maximum absolute atomic E-state index is 14.7. The van der Waals surface area contributed by atoms with Gasteiger partial charge in [0.2, 0.25) is 0 Å².